The molecule has 1 saturated heterocycles. The van der Waals surface area contributed by atoms with E-state index in [4.69, 9.17) is 22.1 Å². The first kappa shape index (κ1) is 12.2. The quantitative estimate of drug-likeness (QED) is 0.796. The van der Waals surface area contributed by atoms with Crippen molar-refractivity contribution in [1.82, 2.24) is 0 Å². The zero-order chi connectivity index (χ0) is 12.3. The number of ether oxygens (including phenoxy) is 1. The highest BCUT2D eigenvalue weighted by Crippen LogP contribution is 2.23. The Morgan fingerprint density at radius 3 is 3.00 bits per heavy atom. The number of hydrogen-bond acceptors (Lipinski definition) is 3. The largest absolute Gasteiger partial charge is 0.397 e. The first-order valence-electron chi connectivity index (χ1n) is 5.60. The minimum Gasteiger partial charge on any atom is -0.397 e. The zero-order valence-corrected chi connectivity index (χ0v) is 10.2. The Kier molecular flexibility index (Phi) is 3.86. The van der Waals surface area contributed by atoms with Crippen molar-refractivity contribution in [3.05, 3.63) is 23.2 Å². The highest BCUT2D eigenvalue weighted by molar-refractivity contribution is 6.33. The van der Waals surface area contributed by atoms with Crippen LogP contribution in [0.1, 0.15) is 12.8 Å². The van der Waals surface area contributed by atoms with E-state index in [1.807, 2.05) is 0 Å². The van der Waals surface area contributed by atoms with Crippen LogP contribution in [0.5, 0.6) is 0 Å². The van der Waals surface area contributed by atoms with Crippen LogP contribution < -0.4 is 11.1 Å². The van der Waals surface area contributed by atoms with Gasteiger partial charge in [-0.1, -0.05) is 11.6 Å². The lowest BCUT2D eigenvalue weighted by Gasteiger charge is -2.21. The standard InChI is InChI=1S/C12H15ClN2O2/c13-10-4-3-9(6-11(10)14)15-12(16)8-2-1-5-17-7-8/h3-4,6,8H,1-2,5,7,14H2,(H,15,16). The van der Waals surface area contributed by atoms with E-state index >= 15 is 0 Å². The van der Waals surface area contributed by atoms with Gasteiger partial charge < -0.3 is 15.8 Å². The van der Waals surface area contributed by atoms with E-state index in [1.165, 1.54) is 0 Å². The third-order valence-corrected chi connectivity index (χ3v) is 3.14. The summed E-state index contributed by atoms with van der Waals surface area (Å²) in [5.41, 5.74) is 6.80. The van der Waals surface area contributed by atoms with Crippen LogP contribution in [0.25, 0.3) is 0 Å². The normalized spacial score (nSPS) is 19.9. The van der Waals surface area contributed by atoms with Crippen LogP contribution in [-0.2, 0) is 9.53 Å². The van der Waals surface area contributed by atoms with Gasteiger partial charge in [-0.25, -0.2) is 0 Å². The van der Waals surface area contributed by atoms with Gasteiger partial charge in [0.2, 0.25) is 5.91 Å². The number of hydrogen-bond donors (Lipinski definition) is 2. The Morgan fingerprint density at radius 1 is 1.53 bits per heavy atom. The smallest absolute Gasteiger partial charge is 0.229 e. The summed E-state index contributed by atoms with van der Waals surface area (Å²) in [4.78, 5) is 11.9. The molecule has 0 saturated carbocycles. The van der Waals surface area contributed by atoms with Gasteiger partial charge in [-0.15, -0.1) is 0 Å². The first-order valence-corrected chi connectivity index (χ1v) is 5.98. The average Bonchev–Trinajstić information content (AvgIpc) is 2.35. The van der Waals surface area contributed by atoms with E-state index < -0.39 is 0 Å². The van der Waals surface area contributed by atoms with Crippen molar-refractivity contribution < 1.29 is 9.53 Å². The molecule has 2 rings (SSSR count). The molecule has 92 valence electrons. The molecular formula is C12H15ClN2O2. The Labute approximate surface area is 105 Å². The molecule has 3 N–H and O–H groups in total. The SMILES string of the molecule is Nc1cc(NC(=O)C2CCCOC2)ccc1Cl. The molecule has 0 aliphatic carbocycles. The van der Waals surface area contributed by atoms with Crippen LogP contribution in [-0.4, -0.2) is 19.1 Å². The number of nitrogen functional groups attached to an aromatic ring is 1. The van der Waals surface area contributed by atoms with Crippen molar-refractivity contribution in [2.75, 3.05) is 24.3 Å². The molecule has 1 aliphatic heterocycles. The molecule has 1 fully saturated rings. The minimum atomic E-state index is -0.0688. The lowest BCUT2D eigenvalue weighted by atomic mass is 10.0. The number of rotatable bonds is 2. The summed E-state index contributed by atoms with van der Waals surface area (Å²) in [6.07, 6.45) is 1.80. The van der Waals surface area contributed by atoms with E-state index in [0.29, 0.717) is 23.0 Å². The van der Waals surface area contributed by atoms with Gasteiger partial charge in [0.1, 0.15) is 0 Å². The maximum atomic E-state index is 11.9. The van der Waals surface area contributed by atoms with Crippen LogP contribution in [0.2, 0.25) is 5.02 Å². The summed E-state index contributed by atoms with van der Waals surface area (Å²) < 4.78 is 5.28. The fourth-order valence-corrected chi connectivity index (χ4v) is 1.93. The summed E-state index contributed by atoms with van der Waals surface area (Å²) in [7, 11) is 0. The molecule has 1 heterocycles. The minimum absolute atomic E-state index is 0.0218. The summed E-state index contributed by atoms with van der Waals surface area (Å²) in [5.74, 6) is -0.0907. The Balaban J connectivity index is 1.99. The van der Waals surface area contributed by atoms with Crippen molar-refractivity contribution >= 4 is 28.9 Å². The van der Waals surface area contributed by atoms with Gasteiger partial charge in [0.05, 0.1) is 23.2 Å². The fourth-order valence-electron chi connectivity index (χ4n) is 1.81. The van der Waals surface area contributed by atoms with E-state index in [0.717, 1.165) is 19.4 Å². The monoisotopic (exact) mass is 254 g/mol. The Hall–Kier alpha value is -1.26. The molecule has 1 amide bonds. The number of benzene rings is 1. The van der Waals surface area contributed by atoms with Crippen LogP contribution >= 0.6 is 11.6 Å². The highest BCUT2D eigenvalue weighted by atomic mass is 35.5. The molecule has 4 nitrogen and oxygen atoms in total. The van der Waals surface area contributed by atoms with Crippen LogP contribution in [0.4, 0.5) is 11.4 Å². The number of nitrogens with two attached hydrogens (primary N) is 1. The predicted molar refractivity (Wildman–Crippen MR) is 68.0 cm³/mol. The number of anilines is 2. The maximum Gasteiger partial charge on any atom is 0.229 e. The second-order valence-electron chi connectivity index (χ2n) is 4.14. The maximum absolute atomic E-state index is 11.9. The Bertz CT molecular complexity index is 417. The molecule has 0 radical (unpaired) electrons. The van der Waals surface area contributed by atoms with E-state index in [2.05, 4.69) is 5.32 Å². The molecule has 1 aromatic rings. The lowest BCUT2D eigenvalue weighted by molar-refractivity contribution is -0.123. The van der Waals surface area contributed by atoms with Crippen LogP contribution in [0.3, 0.4) is 0 Å². The van der Waals surface area contributed by atoms with Gasteiger partial charge in [0, 0.05) is 12.3 Å². The van der Waals surface area contributed by atoms with Crippen molar-refractivity contribution in [2.45, 2.75) is 12.8 Å². The number of halogens is 1. The average molecular weight is 255 g/mol. The highest BCUT2D eigenvalue weighted by Gasteiger charge is 2.21. The third kappa shape index (κ3) is 3.11. The van der Waals surface area contributed by atoms with E-state index in [1.54, 1.807) is 18.2 Å². The number of carbonyl (C=O) groups excluding carboxylic acids is 1. The summed E-state index contributed by atoms with van der Waals surface area (Å²) in [6, 6.07) is 5.06. The van der Waals surface area contributed by atoms with Crippen LogP contribution in [0.15, 0.2) is 18.2 Å². The predicted octanol–water partition coefficient (Wildman–Crippen LogP) is 2.29. The Morgan fingerprint density at radius 2 is 2.35 bits per heavy atom. The molecule has 0 spiro atoms. The molecule has 1 aromatic carbocycles. The van der Waals surface area contributed by atoms with Gasteiger partial charge in [-0.3, -0.25) is 4.79 Å². The molecule has 17 heavy (non-hydrogen) atoms. The number of nitrogens with one attached hydrogen (secondary N) is 1. The molecule has 1 aliphatic rings. The van der Waals surface area contributed by atoms with Gasteiger partial charge in [0.25, 0.3) is 0 Å². The topological polar surface area (TPSA) is 64.3 Å². The molecule has 0 aromatic heterocycles. The molecule has 5 heteroatoms. The molecule has 0 bridgehead atoms. The zero-order valence-electron chi connectivity index (χ0n) is 9.41. The van der Waals surface area contributed by atoms with Crippen molar-refractivity contribution in [3.63, 3.8) is 0 Å². The number of carbonyl (C=O) groups is 1. The summed E-state index contributed by atoms with van der Waals surface area (Å²) >= 11 is 5.81. The van der Waals surface area contributed by atoms with Crippen LogP contribution in [0, 0.1) is 5.92 Å². The van der Waals surface area contributed by atoms with Crippen molar-refractivity contribution in [2.24, 2.45) is 5.92 Å². The first-order chi connectivity index (χ1) is 8.16. The van der Waals surface area contributed by atoms with Gasteiger partial charge in [0.15, 0.2) is 0 Å². The van der Waals surface area contributed by atoms with Gasteiger partial charge >= 0.3 is 0 Å². The molecule has 1 unspecified atom stereocenters. The molecular weight excluding hydrogens is 240 g/mol. The summed E-state index contributed by atoms with van der Waals surface area (Å²) in [5, 5.41) is 3.31. The second kappa shape index (κ2) is 5.38. The van der Waals surface area contributed by atoms with Crippen molar-refractivity contribution in [1.29, 1.82) is 0 Å². The van der Waals surface area contributed by atoms with Crippen molar-refractivity contribution in [3.8, 4) is 0 Å². The van der Waals surface area contributed by atoms with E-state index in [-0.39, 0.29) is 11.8 Å². The van der Waals surface area contributed by atoms with Gasteiger partial charge in [-0.05, 0) is 31.0 Å². The second-order valence-corrected chi connectivity index (χ2v) is 4.55. The molecule has 1 atom stereocenters. The third-order valence-electron chi connectivity index (χ3n) is 2.79. The summed E-state index contributed by atoms with van der Waals surface area (Å²) in [6.45, 7) is 1.24. The number of amides is 1. The lowest BCUT2D eigenvalue weighted by Crippen LogP contribution is -2.30. The van der Waals surface area contributed by atoms with Gasteiger partial charge in [-0.2, -0.15) is 0 Å². The fraction of sp³-hybridized carbons (Fsp3) is 0.417. The van der Waals surface area contributed by atoms with E-state index in [9.17, 15) is 4.79 Å².